The molecule has 2 atom stereocenters. The van der Waals surface area contributed by atoms with Crippen LogP contribution in [0, 0.1) is 0 Å². The number of hydrogen-bond donors (Lipinski definition) is 2. The van der Waals surface area contributed by atoms with Crippen molar-refractivity contribution >= 4 is 0 Å². The SMILES string of the molecule is CCCCCCC(N)C(C)N. The number of hydrogen-bond acceptors (Lipinski definition) is 2. The van der Waals surface area contributed by atoms with Gasteiger partial charge in [-0.05, 0) is 13.3 Å². The Bertz CT molecular complexity index is 81.6. The van der Waals surface area contributed by atoms with Crippen LogP contribution in [-0.4, -0.2) is 12.1 Å². The summed E-state index contributed by atoms with van der Waals surface area (Å²) in [6, 6.07) is 0.350. The summed E-state index contributed by atoms with van der Waals surface area (Å²) in [6.07, 6.45) is 6.23. The molecule has 0 aliphatic rings. The second kappa shape index (κ2) is 6.62. The molecule has 0 aliphatic heterocycles. The highest BCUT2D eigenvalue weighted by Gasteiger charge is 2.05. The third-order valence-corrected chi connectivity index (χ3v) is 2.07. The van der Waals surface area contributed by atoms with E-state index >= 15 is 0 Å². The Hall–Kier alpha value is -0.0800. The molecule has 68 valence electrons. The molecule has 0 aromatic heterocycles. The van der Waals surface area contributed by atoms with Crippen LogP contribution in [0.1, 0.15) is 46.0 Å². The van der Waals surface area contributed by atoms with Gasteiger partial charge >= 0.3 is 0 Å². The summed E-state index contributed by atoms with van der Waals surface area (Å²) in [5, 5.41) is 0. The van der Waals surface area contributed by atoms with E-state index in [0.29, 0.717) is 0 Å². The molecule has 2 unspecified atom stereocenters. The van der Waals surface area contributed by atoms with Crippen molar-refractivity contribution in [3.63, 3.8) is 0 Å². The lowest BCUT2D eigenvalue weighted by molar-refractivity contribution is 0.490. The van der Waals surface area contributed by atoms with Gasteiger partial charge in [0.25, 0.3) is 0 Å². The highest BCUT2D eigenvalue weighted by Crippen LogP contribution is 2.05. The van der Waals surface area contributed by atoms with Crippen LogP contribution in [0.4, 0.5) is 0 Å². The summed E-state index contributed by atoms with van der Waals surface area (Å²) in [7, 11) is 0. The summed E-state index contributed by atoms with van der Waals surface area (Å²) in [4.78, 5) is 0. The summed E-state index contributed by atoms with van der Waals surface area (Å²) >= 11 is 0. The zero-order valence-electron chi connectivity index (χ0n) is 7.84. The first-order chi connectivity index (χ1) is 5.18. The average Bonchev–Trinajstić information content (AvgIpc) is 1.97. The molecule has 0 bridgehead atoms. The van der Waals surface area contributed by atoms with E-state index < -0.39 is 0 Å². The molecular weight excluding hydrogens is 136 g/mol. The maximum absolute atomic E-state index is 5.77. The predicted molar refractivity (Wildman–Crippen MR) is 50.4 cm³/mol. The van der Waals surface area contributed by atoms with Crippen molar-refractivity contribution in [2.24, 2.45) is 11.5 Å². The Kier molecular flexibility index (Phi) is 6.57. The highest BCUT2D eigenvalue weighted by atomic mass is 14.8. The molecule has 2 nitrogen and oxygen atoms in total. The first-order valence-corrected chi connectivity index (χ1v) is 4.69. The highest BCUT2D eigenvalue weighted by molar-refractivity contribution is 4.70. The molecule has 0 aliphatic carbocycles. The van der Waals surface area contributed by atoms with Gasteiger partial charge in [0.1, 0.15) is 0 Å². The third-order valence-electron chi connectivity index (χ3n) is 2.07. The van der Waals surface area contributed by atoms with E-state index in [-0.39, 0.29) is 12.1 Å². The topological polar surface area (TPSA) is 52.0 Å². The zero-order valence-corrected chi connectivity index (χ0v) is 7.84. The van der Waals surface area contributed by atoms with Gasteiger partial charge in [0.2, 0.25) is 0 Å². The van der Waals surface area contributed by atoms with Crippen molar-refractivity contribution in [3.05, 3.63) is 0 Å². The summed E-state index contributed by atoms with van der Waals surface area (Å²) < 4.78 is 0. The molecule has 0 spiro atoms. The fraction of sp³-hybridized carbons (Fsp3) is 1.00. The van der Waals surface area contributed by atoms with Gasteiger partial charge in [-0.1, -0.05) is 32.6 Å². The first kappa shape index (κ1) is 10.9. The molecule has 0 fully saturated rings. The van der Waals surface area contributed by atoms with Crippen LogP contribution >= 0.6 is 0 Å². The maximum atomic E-state index is 5.77. The van der Waals surface area contributed by atoms with Gasteiger partial charge in [0.05, 0.1) is 0 Å². The minimum atomic E-state index is 0.150. The second-order valence-electron chi connectivity index (χ2n) is 3.37. The van der Waals surface area contributed by atoms with Gasteiger partial charge in [-0.2, -0.15) is 0 Å². The summed E-state index contributed by atoms with van der Waals surface area (Å²) in [6.45, 7) is 4.19. The Labute approximate surface area is 70.3 Å². The molecule has 0 aromatic carbocycles. The Balaban J connectivity index is 3.10. The van der Waals surface area contributed by atoms with Crippen LogP contribution in [0.5, 0.6) is 0 Å². The van der Waals surface area contributed by atoms with Gasteiger partial charge in [0.15, 0.2) is 0 Å². The van der Waals surface area contributed by atoms with E-state index in [4.69, 9.17) is 11.5 Å². The lowest BCUT2D eigenvalue weighted by Gasteiger charge is -2.14. The van der Waals surface area contributed by atoms with Crippen molar-refractivity contribution in [2.75, 3.05) is 0 Å². The second-order valence-corrected chi connectivity index (χ2v) is 3.37. The fourth-order valence-corrected chi connectivity index (χ4v) is 1.07. The molecule has 11 heavy (non-hydrogen) atoms. The molecule has 2 heteroatoms. The molecule has 0 saturated carbocycles. The summed E-state index contributed by atoms with van der Waals surface area (Å²) in [5.74, 6) is 0. The average molecular weight is 158 g/mol. The van der Waals surface area contributed by atoms with Crippen LogP contribution in [0.25, 0.3) is 0 Å². The molecule has 4 N–H and O–H groups in total. The minimum Gasteiger partial charge on any atom is -0.327 e. The van der Waals surface area contributed by atoms with Crippen LogP contribution in [0.15, 0.2) is 0 Å². The molecule has 0 rings (SSSR count). The van der Waals surface area contributed by atoms with Crippen LogP contribution in [0.2, 0.25) is 0 Å². The standard InChI is InChI=1S/C9H22N2/c1-3-4-5-6-7-9(11)8(2)10/h8-9H,3-7,10-11H2,1-2H3. The van der Waals surface area contributed by atoms with Crippen molar-refractivity contribution in [3.8, 4) is 0 Å². The summed E-state index contributed by atoms with van der Waals surface area (Å²) in [5.41, 5.74) is 11.4. The quantitative estimate of drug-likeness (QED) is 0.577. The fourth-order valence-electron chi connectivity index (χ4n) is 1.07. The van der Waals surface area contributed by atoms with E-state index in [9.17, 15) is 0 Å². The molecule has 0 aromatic rings. The number of unbranched alkanes of at least 4 members (excludes halogenated alkanes) is 3. The van der Waals surface area contributed by atoms with E-state index in [0.717, 1.165) is 6.42 Å². The van der Waals surface area contributed by atoms with Gasteiger partial charge in [0, 0.05) is 12.1 Å². The maximum Gasteiger partial charge on any atom is 0.0189 e. The van der Waals surface area contributed by atoms with E-state index in [1.807, 2.05) is 6.92 Å². The van der Waals surface area contributed by atoms with Crippen LogP contribution in [0.3, 0.4) is 0 Å². The third kappa shape index (κ3) is 6.32. The normalized spacial score (nSPS) is 16.4. The number of nitrogens with two attached hydrogens (primary N) is 2. The minimum absolute atomic E-state index is 0.150. The van der Waals surface area contributed by atoms with Crippen LogP contribution < -0.4 is 11.5 Å². The monoisotopic (exact) mass is 158 g/mol. The van der Waals surface area contributed by atoms with Gasteiger partial charge in [-0.15, -0.1) is 0 Å². The molecular formula is C9H22N2. The van der Waals surface area contributed by atoms with Gasteiger partial charge in [-0.3, -0.25) is 0 Å². The molecule has 0 heterocycles. The molecule has 0 amide bonds. The first-order valence-electron chi connectivity index (χ1n) is 4.69. The largest absolute Gasteiger partial charge is 0.327 e. The molecule has 0 saturated heterocycles. The zero-order chi connectivity index (χ0) is 8.69. The van der Waals surface area contributed by atoms with E-state index in [1.54, 1.807) is 0 Å². The van der Waals surface area contributed by atoms with Crippen molar-refractivity contribution in [1.82, 2.24) is 0 Å². The van der Waals surface area contributed by atoms with E-state index in [2.05, 4.69) is 6.92 Å². The molecule has 0 radical (unpaired) electrons. The Morgan fingerprint density at radius 2 is 1.73 bits per heavy atom. The van der Waals surface area contributed by atoms with Crippen LogP contribution in [-0.2, 0) is 0 Å². The predicted octanol–water partition coefficient (Wildman–Crippen LogP) is 1.63. The Morgan fingerprint density at radius 3 is 2.18 bits per heavy atom. The van der Waals surface area contributed by atoms with E-state index in [1.165, 1.54) is 25.7 Å². The Morgan fingerprint density at radius 1 is 1.09 bits per heavy atom. The lowest BCUT2D eigenvalue weighted by Crippen LogP contribution is -2.38. The van der Waals surface area contributed by atoms with Crippen molar-refractivity contribution in [2.45, 2.75) is 58.0 Å². The van der Waals surface area contributed by atoms with Crippen molar-refractivity contribution in [1.29, 1.82) is 0 Å². The van der Waals surface area contributed by atoms with Gasteiger partial charge in [-0.25, -0.2) is 0 Å². The lowest BCUT2D eigenvalue weighted by atomic mass is 10.0. The smallest absolute Gasteiger partial charge is 0.0189 e. The van der Waals surface area contributed by atoms with Gasteiger partial charge < -0.3 is 11.5 Å². The van der Waals surface area contributed by atoms with Crippen molar-refractivity contribution < 1.29 is 0 Å². The number of rotatable bonds is 6.